The van der Waals surface area contributed by atoms with Gasteiger partial charge in [0.2, 0.25) is 15.8 Å². The van der Waals surface area contributed by atoms with Crippen LogP contribution in [0.1, 0.15) is 24.4 Å². The molecule has 0 radical (unpaired) electrons. The van der Waals surface area contributed by atoms with Gasteiger partial charge < -0.3 is 5.32 Å². The van der Waals surface area contributed by atoms with Crippen LogP contribution < -0.4 is 10.0 Å². The number of anilines is 2. The Morgan fingerprint density at radius 2 is 1.60 bits per heavy atom. The molecular formula is C22H18F4N6O2S. The first-order valence-corrected chi connectivity index (χ1v) is 12.0. The minimum absolute atomic E-state index is 0.181. The molecule has 4 aromatic rings. The topological polar surface area (TPSA) is 110 Å². The highest BCUT2D eigenvalue weighted by Crippen LogP contribution is 2.34. The SMILES string of the molecule is C[C@@H](Nc1ncnc2c(NS(C)(=O)=O)cc(-c3ccc(F)cc3)cc12)c1cnc(C(F)(F)F)nc1. The zero-order chi connectivity index (χ0) is 25.4. The molecule has 1 atom stereocenters. The summed E-state index contributed by atoms with van der Waals surface area (Å²) >= 11 is 0. The first-order valence-electron chi connectivity index (χ1n) is 10.1. The second-order valence-corrected chi connectivity index (χ2v) is 9.48. The van der Waals surface area contributed by atoms with Crippen LogP contribution in [0.25, 0.3) is 22.0 Å². The lowest BCUT2D eigenvalue weighted by atomic mass is 10.0. The summed E-state index contributed by atoms with van der Waals surface area (Å²) < 4.78 is 78.1. The average molecular weight is 506 g/mol. The summed E-state index contributed by atoms with van der Waals surface area (Å²) in [5.74, 6) is -1.38. The summed E-state index contributed by atoms with van der Waals surface area (Å²) in [5.41, 5.74) is 2.01. The monoisotopic (exact) mass is 506 g/mol. The number of aromatic nitrogens is 4. The Balaban J connectivity index is 1.78. The van der Waals surface area contributed by atoms with Gasteiger partial charge in [-0.2, -0.15) is 13.2 Å². The van der Waals surface area contributed by atoms with Crippen molar-refractivity contribution in [3.63, 3.8) is 0 Å². The van der Waals surface area contributed by atoms with Crippen LogP contribution in [0.4, 0.5) is 29.1 Å². The zero-order valence-electron chi connectivity index (χ0n) is 18.3. The minimum atomic E-state index is -4.65. The molecule has 35 heavy (non-hydrogen) atoms. The van der Waals surface area contributed by atoms with Crippen molar-refractivity contribution < 1.29 is 26.0 Å². The highest BCUT2D eigenvalue weighted by Gasteiger charge is 2.34. The maximum Gasteiger partial charge on any atom is 0.451 e. The molecule has 8 nitrogen and oxygen atoms in total. The molecule has 0 unspecified atom stereocenters. The van der Waals surface area contributed by atoms with Gasteiger partial charge in [-0.15, -0.1) is 0 Å². The molecule has 2 heterocycles. The van der Waals surface area contributed by atoms with E-state index in [0.717, 1.165) is 18.6 Å². The van der Waals surface area contributed by atoms with Gasteiger partial charge in [-0.05, 0) is 42.3 Å². The molecule has 4 rings (SSSR count). The lowest BCUT2D eigenvalue weighted by Crippen LogP contribution is -2.14. The maximum atomic E-state index is 13.4. The predicted molar refractivity (Wildman–Crippen MR) is 122 cm³/mol. The highest BCUT2D eigenvalue weighted by molar-refractivity contribution is 7.92. The Morgan fingerprint density at radius 3 is 2.20 bits per heavy atom. The first kappa shape index (κ1) is 24.3. The molecule has 2 aromatic heterocycles. The molecule has 182 valence electrons. The lowest BCUT2D eigenvalue weighted by Gasteiger charge is -2.18. The fourth-order valence-electron chi connectivity index (χ4n) is 3.37. The third-order valence-electron chi connectivity index (χ3n) is 4.99. The first-order chi connectivity index (χ1) is 16.4. The smallest absolute Gasteiger partial charge is 0.363 e. The summed E-state index contributed by atoms with van der Waals surface area (Å²) in [4.78, 5) is 15.2. The molecule has 0 aliphatic carbocycles. The van der Waals surface area contributed by atoms with E-state index in [1.165, 1.54) is 18.5 Å². The number of alkyl halides is 3. The highest BCUT2D eigenvalue weighted by atomic mass is 32.2. The van der Waals surface area contributed by atoms with Crippen molar-refractivity contribution in [2.45, 2.75) is 19.1 Å². The Bertz CT molecular complexity index is 1480. The molecule has 0 aliphatic rings. The van der Waals surface area contributed by atoms with Crippen LogP contribution in [0.15, 0.2) is 55.1 Å². The largest absolute Gasteiger partial charge is 0.451 e. The Kier molecular flexibility index (Phi) is 6.28. The van der Waals surface area contributed by atoms with Gasteiger partial charge in [-0.3, -0.25) is 4.72 Å². The van der Waals surface area contributed by atoms with Crippen LogP contribution in [-0.2, 0) is 16.2 Å². The normalized spacial score (nSPS) is 13.0. The van der Waals surface area contributed by atoms with Gasteiger partial charge >= 0.3 is 6.18 Å². The van der Waals surface area contributed by atoms with Crippen molar-refractivity contribution >= 4 is 32.4 Å². The number of halogens is 4. The van der Waals surface area contributed by atoms with Crippen molar-refractivity contribution in [3.05, 3.63) is 72.3 Å². The number of sulfonamides is 1. The van der Waals surface area contributed by atoms with Crippen molar-refractivity contribution in [1.82, 2.24) is 19.9 Å². The summed E-state index contributed by atoms with van der Waals surface area (Å²) in [6.07, 6.45) is -0.297. The fourth-order valence-corrected chi connectivity index (χ4v) is 3.92. The minimum Gasteiger partial charge on any atom is -0.363 e. The van der Waals surface area contributed by atoms with Crippen molar-refractivity contribution in [2.75, 3.05) is 16.3 Å². The van der Waals surface area contributed by atoms with E-state index in [-0.39, 0.29) is 11.2 Å². The molecule has 0 saturated carbocycles. The van der Waals surface area contributed by atoms with Gasteiger partial charge in [0.15, 0.2) is 0 Å². The van der Waals surface area contributed by atoms with E-state index < -0.39 is 33.9 Å². The van der Waals surface area contributed by atoms with Crippen LogP contribution in [0, 0.1) is 5.82 Å². The van der Waals surface area contributed by atoms with E-state index >= 15 is 0 Å². The number of hydrogen-bond donors (Lipinski definition) is 2. The standard InChI is InChI=1S/C22H18F4N6O2S/c1-12(15-9-27-21(28-10-15)22(24,25)26)31-20-17-7-14(13-3-5-16(23)6-4-13)8-18(32-35(2,33)34)19(17)29-11-30-20/h3-12,32H,1-2H3,(H,29,30,31)/t12-/m1/s1. The summed E-state index contributed by atoms with van der Waals surface area (Å²) in [6, 6.07) is 8.35. The fraction of sp³-hybridized carbons (Fsp3) is 0.182. The Morgan fingerprint density at radius 1 is 0.943 bits per heavy atom. The molecule has 13 heteroatoms. The second-order valence-electron chi connectivity index (χ2n) is 7.73. The van der Waals surface area contributed by atoms with Crippen LogP contribution in [0.3, 0.4) is 0 Å². The summed E-state index contributed by atoms with van der Waals surface area (Å²) in [7, 11) is -3.67. The van der Waals surface area contributed by atoms with Gasteiger partial charge in [0, 0.05) is 23.3 Å². The van der Waals surface area contributed by atoms with E-state index in [9.17, 15) is 26.0 Å². The number of rotatable bonds is 6. The van der Waals surface area contributed by atoms with Crippen LogP contribution >= 0.6 is 0 Å². The van der Waals surface area contributed by atoms with Crippen LogP contribution in [0.5, 0.6) is 0 Å². The van der Waals surface area contributed by atoms with Crippen LogP contribution in [-0.4, -0.2) is 34.6 Å². The molecule has 2 aromatic carbocycles. The van der Waals surface area contributed by atoms with Crippen molar-refractivity contribution in [3.8, 4) is 11.1 Å². The molecule has 2 N–H and O–H groups in total. The lowest BCUT2D eigenvalue weighted by molar-refractivity contribution is -0.145. The number of hydrogen-bond acceptors (Lipinski definition) is 7. The van der Waals surface area contributed by atoms with E-state index in [1.54, 1.807) is 31.2 Å². The molecule has 0 amide bonds. The third kappa shape index (κ3) is 5.62. The molecule has 0 spiro atoms. The second kappa shape index (κ2) is 9.06. The summed E-state index contributed by atoms with van der Waals surface area (Å²) in [6.45, 7) is 1.68. The number of fused-ring (bicyclic) bond motifs is 1. The van der Waals surface area contributed by atoms with E-state index in [4.69, 9.17) is 0 Å². The molecule has 0 fully saturated rings. The summed E-state index contributed by atoms with van der Waals surface area (Å²) in [5, 5.41) is 3.52. The molecule has 0 bridgehead atoms. The van der Waals surface area contributed by atoms with E-state index in [0.29, 0.717) is 27.9 Å². The molecular weight excluding hydrogens is 488 g/mol. The van der Waals surface area contributed by atoms with Crippen LogP contribution in [0.2, 0.25) is 0 Å². The van der Waals surface area contributed by atoms with Crippen molar-refractivity contribution in [2.24, 2.45) is 0 Å². The molecule has 0 aliphatic heterocycles. The zero-order valence-corrected chi connectivity index (χ0v) is 19.1. The van der Waals surface area contributed by atoms with Gasteiger partial charge in [0.05, 0.1) is 23.5 Å². The van der Waals surface area contributed by atoms with Gasteiger partial charge in [-0.25, -0.2) is 32.7 Å². The third-order valence-corrected chi connectivity index (χ3v) is 5.58. The molecule has 0 saturated heterocycles. The Labute approximate surface area is 197 Å². The Hall–Kier alpha value is -3.87. The van der Waals surface area contributed by atoms with E-state index in [1.807, 2.05) is 0 Å². The number of nitrogens with zero attached hydrogens (tertiary/aromatic N) is 4. The maximum absolute atomic E-state index is 13.4. The van der Waals surface area contributed by atoms with Gasteiger partial charge in [-0.1, -0.05) is 12.1 Å². The number of nitrogens with one attached hydrogen (secondary N) is 2. The number of benzene rings is 2. The van der Waals surface area contributed by atoms with Gasteiger partial charge in [0.1, 0.15) is 18.0 Å². The van der Waals surface area contributed by atoms with E-state index in [2.05, 4.69) is 30.0 Å². The quantitative estimate of drug-likeness (QED) is 0.362. The average Bonchev–Trinajstić information content (AvgIpc) is 2.78. The predicted octanol–water partition coefficient (Wildman–Crippen LogP) is 4.79. The van der Waals surface area contributed by atoms with Gasteiger partial charge in [0.25, 0.3) is 0 Å². The van der Waals surface area contributed by atoms with Crippen molar-refractivity contribution in [1.29, 1.82) is 0 Å².